The van der Waals surface area contributed by atoms with Gasteiger partial charge in [-0.25, -0.2) is 4.99 Å². The highest BCUT2D eigenvalue weighted by Crippen LogP contribution is 2.31. The molecule has 0 saturated carbocycles. The van der Waals surface area contributed by atoms with Crippen molar-refractivity contribution in [2.24, 2.45) is 12.0 Å². The molecule has 1 saturated heterocycles. The molecule has 0 amide bonds. The van der Waals surface area contributed by atoms with Crippen LogP contribution in [0, 0.1) is 0 Å². The highest BCUT2D eigenvalue weighted by Gasteiger charge is 2.26. The molecule has 1 aliphatic rings. The Morgan fingerprint density at radius 1 is 1.38 bits per heavy atom. The van der Waals surface area contributed by atoms with Crippen molar-refractivity contribution < 1.29 is 13.5 Å². The molecule has 1 aromatic heterocycles. The lowest BCUT2D eigenvalue weighted by molar-refractivity contribution is -0.0495. The van der Waals surface area contributed by atoms with Crippen molar-refractivity contribution >= 4 is 35.6 Å². The number of guanidine groups is 1. The molecule has 160 valence electrons. The molecule has 0 radical (unpaired) electrons. The molecule has 10 heteroatoms. The normalized spacial score (nSPS) is 16.7. The van der Waals surface area contributed by atoms with E-state index in [9.17, 15) is 8.78 Å². The minimum absolute atomic E-state index is 0. The summed E-state index contributed by atoms with van der Waals surface area (Å²) in [6.07, 6.45) is 4.61. The first-order valence-corrected chi connectivity index (χ1v) is 9.36. The molecule has 2 heterocycles. The molecule has 1 aliphatic heterocycles. The predicted octanol–water partition coefficient (Wildman–Crippen LogP) is 2.97. The molecule has 1 aromatic carbocycles. The van der Waals surface area contributed by atoms with E-state index in [0.717, 1.165) is 31.0 Å². The summed E-state index contributed by atoms with van der Waals surface area (Å²) >= 11 is 0. The number of hydrogen-bond donors (Lipinski definition) is 2. The second-order valence-electron chi connectivity index (χ2n) is 6.64. The van der Waals surface area contributed by atoms with E-state index in [1.807, 2.05) is 32.3 Å². The molecule has 3 rings (SSSR count). The fourth-order valence-corrected chi connectivity index (χ4v) is 3.25. The fourth-order valence-electron chi connectivity index (χ4n) is 3.25. The van der Waals surface area contributed by atoms with Gasteiger partial charge in [0.15, 0.2) is 5.96 Å². The number of hydrogen-bond acceptors (Lipinski definition) is 4. The molecular weight excluding hydrogens is 493 g/mol. The van der Waals surface area contributed by atoms with Crippen LogP contribution < -0.4 is 20.3 Å². The van der Waals surface area contributed by atoms with Gasteiger partial charge in [0.1, 0.15) is 5.75 Å². The van der Waals surface area contributed by atoms with Crippen LogP contribution in [0.15, 0.2) is 41.7 Å². The topological polar surface area (TPSA) is 66.7 Å². The summed E-state index contributed by atoms with van der Waals surface area (Å²) in [6, 6.07) is 7.06. The molecule has 1 unspecified atom stereocenters. The number of ether oxygens (including phenoxy) is 1. The van der Waals surface area contributed by atoms with Gasteiger partial charge in [-0.05, 0) is 25.5 Å². The summed E-state index contributed by atoms with van der Waals surface area (Å²) in [5, 5.41) is 10.8. The summed E-state index contributed by atoms with van der Waals surface area (Å²) in [6.45, 7) is 1.90. The summed E-state index contributed by atoms with van der Waals surface area (Å²) in [5.41, 5.74) is 1.72. The lowest BCUT2D eigenvalue weighted by Crippen LogP contribution is -2.44. The zero-order chi connectivity index (χ0) is 19.9. The van der Waals surface area contributed by atoms with Crippen molar-refractivity contribution in [2.75, 3.05) is 24.5 Å². The SMILES string of the molecule is CCNC(=NCc1cnn(C)c1)NC1CCN(c2ccccc2OC(F)F)C1.I. The standard InChI is InChI=1S/C19H26F2N6O.HI/c1-3-22-19(23-10-14-11-24-26(2)12-14)25-15-8-9-27(13-15)16-6-4-5-7-17(16)28-18(20)21;/h4-7,11-12,15,18H,3,8-10,13H2,1-2H3,(H2,22,23,25);1H. The first-order valence-electron chi connectivity index (χ1n) is 9.36. The zero-order valence-corrected chi connectivity index (χ0v) is 18.8. The van der Waals surface area contributed by atoms with Gasteiger partial charge in [-0.1, -0.05) is 12.1 Å². The van der Waals surface area contributed by atoms with Gasteiger partial charge >= 0.3 is 6.61 Å². The van der Waals surface area contributed by atoms with Crippen LogP contribution in [0.2, 0.25) is 0 Å². The highest BCUT2D eigenvalue weighted by atomic mass is 127. The number of nitrogens with zero attached hydrogens (tertiary/aromatic N) is 4. The Kier molecular flexibility index (Phi) is 8.93. The third kappa shape index (κ3) is 6.72. The molecule has 2 aromatic rings. The number of nitrogens with one attached hydrogen (secondary N) is 2. The maximum Gasteiger partial charge on any atom is 0.387 e. The van der Waals surface area contributed by atoms with Gasteiger partial charge in [0.2, 0.25) is 0 Å². The minimum Gasteiger partial charge on any atom is -0.433 e. The molecule has 29 heavy (non-hydrogen) atoms. The Labute approximate surface area is 186 Å². The quantitative estimate of drug-likeness (QED) is 0.334. The van der Waals surface area contributed by atoms with Crippen LogP contribution in [0.4, 0.5) is 14.5 Å². The molecule has 7 nitrogen and oxygen atoms in total. The van der Waals surface area contributed by atoms with Gasteiger partial charge in [0.05, 0.1) is 18.4 Å². The molecule has 1 atom stereocenters. The Morgan fingerprint density at radius 2 is 2.17 bits per heavy atom. The number of aryl methyl sites for hydroxylation is 1. The van der Waals surface area contributed by atoms with Gasteiger partial charge in [-0.2, -0.15) is 13.9 Å². The molecule has 0 bridgehead atoms. The summed E-state index contributed by atoms with van der Waals surface area (Å²) < 4.78 is 31.7. The number of rotatable bonds is 7. The van der Waals surface area contributed by atoms with E-state index in [1.165, 1.54) is 0 Å². The zero-order valence-electron chi connectivity index (χ0n) is 16.5. The summed E-state index contributed by atoms with van der Waals surface area (Å²) in [7, 11) is 1.87. The Balaban J connectivity index is 0.00000300. The predicted molar refractivity (Wildman–Crippen MR) is 120 cm³/mol. The second-order valence-corrected chi connectivity index (χ2v) is 6.64. The van der Waals surface area contributed by atoms with Crippen LogP contribution in [-0.2, 0) is 13.6 Å². The maximum atomic E-state index is 12.7. The van der Waals surface area contributed by atoms with Crippen LogP contribution in [0.1, 0.15) is 18.9 Å². The second kappa shape index (κ2) is 11.2. The lowest BCUT2D eigenvalue weighted by atomic mass is 10.2. The van der Waals surface area contributed by atoms with Gasteiger partial charge in [-0.15, -0.1) is 24.0 Å². The van der Waals surface area contributed by atoms with Crippen LogP contribution in [-0.4, -0.2) is 48.0 Å². The van der Waals surface area contributed by atoms with Crippen LogP contribution in [0.5, 0.6) is 5.75 Å². The van der Waals surface area contributed by atoms with E-state index in [-0.39, 0.29) is 35.8 Å². The van der Waals surface area contributed by atoms with E-state index in [2.05, 4.69) is 30.4 Å². The van der Waals surface area contributed by atoms with Crippen LogP contribution in [0.25, 0.3) is 0 Å². The number of aliphatic imine (C=N–C) groups is 1. The monoisotopic (exact) mass is 520 g/mol. The average molecular weight is 520 g/mol. The number of anilines is 1. The van der Waals surface area contributed by atoms with E-state index in [1.54, 1.807) is 23.0 Å². The van der Waals surface area contributed by atoms with E-state index in [0.29, 0.717) is 18.8 Å². The van der Waals surface area contributed by atoms with E-state index >= 15 is 0 Å². The first kappa shape index (κ1) is 23.2. The van der Waals surface area contributed by atoms with Crippen molar-refractivity contribution in [2.45, 2.75) is 32.5 Å². The van der Waals surface area contributed by atoms with Crippen molar-refractivity contribution in [1.29, 1.82) is 0 Å². The van der Waals surface area contributed by atoms with Crippen LogP contribution >= 0.6 is 24.0 Å². The number of benzene rings is 1. The smallest absolute Gasteiger partial charge is 0.387 e. The highest BCUT2D eigenvalue weighted by molar-refractivity contribution is 14.0. The third-order valence-electron chi connectivity index (χ3n) is 4.47. The number of para-hydroxylation sites is 2. The van der Waals surface area contributed by atoms with Crippen molar-refractivity contribution in [3.8, 4) is 5.75 Å². The third-order valence-corrected chi connectivity index (χ3v) is 4.47. The van der Waals surface area contributed by atoms with Gasteiger partial charge in [-0.3, -0.25) is 4.68 Å². The first-order chi connectivity index (χ1) is 13.5. The van der Waals surface area contributed by atoms with E-state index < -0.39 is 6.61 Å². The summed E-state index contributed by atoms with van der Waals surface area (Å²) in [5.74, 6) is 0.936. The van der Waals surface area contributed by atoms with Crippen molar-refractivity contribution in [3.63, 3.8) is 0 Å². The maximum absolute atomic E-state index is 12.7. The van der Waals surface area contributed by atoms with E-state index in [4.69, 9.17) is 0 Å². The molecular formula is C19H27F2IN6O. The van der Waals surface area contributed by atoms with Gasteiger partial charge in [0.25, 0.3) is 0 Å². The lowest BCUT2D eigenvalue weighted by Gasteiger charge is -2.22. The number of halogens is 3. The fraction of sp³-hybridized carbons (Fsp3) is 0.474. The van der Waals surface area contributed by atoms with Crippen molar-refractivity contribution in [3.05, 3.63) is 42.2 Å². The number of aromatic nitrogens is 2. The molecule has 0 aliphatic carbocycles. The minimum atomic E-state index is -2.84. The van der Waals surface area contributed by atoms with Gasteiger partial charge < -0.3 is 20.3 Å². The number of alkyl halides is 2. The molecule has 0 spiro atoms. The van der Waals surface area contributed by atoms with Crippen LogP contribution in [0.3, 0.4) is 0 Å². The summed E-state index contributed by atoms with van der Waals surface area (Å²) in [4.78, 5) is 6.67. The molecule has 1 fully saturated rings. The Bertz CT molecular complexity index is 801. The largest absolute Gasteiger partial charge is 0.433 e. The van der Waals surface area contributed by atoms with Crippen molar-refractivity contribution in [1.82, 2.24) is 20.4 Å². The van der Waals surface area contributed by atoms with Gasteiger partial charge in [0, 0.05) is 44.5 Å². The average Bonchev–Trinajstić information content (AvgIpc) is 3.29. The molecule has 2 N–H and O–H groups in total. The Hall–Kier alpha value is -2.11. The Morgan fingerprint density at radius 3 is 2.86 bits per heavy atom.